The Bertz CT molecular complexity index is 130. The number of thioether (sulfide) groups is 1. The predicted molar refractivity (Wildman–Crippen MR) is 46.0 cm³/mol. The monoisotopic (exact) mass is 202 g/mol. The zero-order valence-corrected chi connectivity index (χ0v) is 7.70. The van der Waals surface area contributed by atoms with Crippen molar-refractivity contribution in [1.82, 2.24) is 0 Å². The Kier molecular flexibility index (Phi) is 5.08. The Morgan fingerprint density at radius 3 is 2.36 bits per heavy atom. The zero-order chi connectivity index (χ0) is 8.91. The molecule has 0 atom stereocenters. The molecule has 0 aliphatic heterocycles. The molecule has 0 aromatic rings. The highest BCUT2D eigenvalue weighted by Gasteiger charge is 2.33. The highest BCUT2D eigenvalue weighted by atomic mass is 32.2. The van der Waals surface area contributed by atoms with Crippen LogP contribution in [0, 0.1) is 0 Å². The lowest BCUT2D eigenvalue weighted by molar-refractivity contribution is -0.0532. The number of hydrogen-bond donors (Lipinski definition) is 0. The van der Waals surface area contributed by atoms with Gasteiger partial charge in [0, 0.05) is 0 Å². The second-order valence-corrected chi connectivity index (χ2v) is 3.76. The van der Waals surface area contributed by atoms with Crippen molar-refractivity contribution >= 4 is 28.2 Å². The van der Waals surface area contributed by atoms with Crippen LogP contribution in [-0.4, -0.2) is 16.1 Å². The van der Waals surface area contributed by atoms with Gasteiger partial charge in [0.05, 0.1) is 0 Å². The Morgan fingerprint density at radius 1 is 1.45 bits per heavy atom. The standard InChI is InChI=1S/C6H9F3S2/c1-2-3-4-11-5(10)6(7,8)9/h2-4H2,1H3. The summed E-state index contributed by atoms with van der Waals surface area (Å²) in [5.74, 6) is 0.467. The minimum Gasteiger partial charge on any atom is -0.165 e. The SMILES string of the molecule is CCCCSC(=S)C(F)(F)F. The third-order valence-electron chi connectivity index (χ3n) is 0.963. The molecule has 0 saturated carbocycles. The van der Waals surface area contributed by atoms with E-state index in [-0.39, 0.29) is 0 Å². The molecule has 0 nitrogen and oxygen atoms in total. The van der Waals surface area contributed by atoms with Crippen molar-refractivity contribution in [3.8, 4) is 0 Å². The largest absolute Gasteiger partial charge is 0.432 e. The number of rotatable bonds is 3. The first-order valence-corrected chi connectivity index (χ1v) is 4.61. The van der Waals surface area contributed by atoms with Gasteiger partial charge in [-0.25, -0.2) is 0 Å². The van der Waals surface area contributed by atoms with E-state index in [0.717, 1.165) is 12.8 Å². The van der Waals surface area contributed by atoms with Crippen LogP contribution in [0.1, 0.15) is 19.8 Å². The summed E-state index contributed by atoms with van der Waals surface area (Å²) < 4.78 is 34.3. The van der Waals surface area contributed by atoms with E-state index in [2.05, 4.69) is 12.2 Å². The van der Waals surface area contributed by atoms with E-state index in [1.165, 1.54) is 0 Å². The average Bonchev–Trinajstić information content (AvgIpc) is 1.86. The number of hydrogen-bond acceptors (Lipinski definition) is 2. The van der Waals surface area contributed by atoms with E-state index in [1.807, 2.05) is 6.92 Å². The van der Waals surface area contributed by atoms with E-state index in [4.69, 9.17) is 0 Å². The van der Waals surface area contributed by atoms with Gasteiger partial charge in [0.2, 0.25) is 0 Å². The molecule has 0 bridgehead atoms. The van der Waals surface area contributed by atoms with Crippen molar-refractivity contribution in [2.45, 2.75) is 25.9 Å². The van der Waals surface area contributed by atoms with Gasteiger partial charge in [-0.3, -0.25) is 0 Å². The summed E-state index contributed by atoms with van der Waals surface area (Å²) >= 11 is 4.86. The average molecular weight is 202 g/mol. The highest BCUT2D eigenvalue weighted by molar-refractivity contribution is 8.23. The number of halogens is 3. The molecule has 66 valence electrons. The molecule has 0 aliphatic rings. The van der Waals surface area contributed by atoms with Crippen molar-refractivity contribution in [2.75, 3.05) is 5.75 Å². The van der Waals surface area contributed by atoms with Crippen LogP contribution < -0.4 is 0 Å². The molecular formula is C6H9F3S2. The molecule has 0 aromatic carbocycles. The molecule has 0 aliphatic carbocycles. The Labute approximate surface area is 73.5 Å². The van der Waals surface area contributed by atoms with Crippen molar-refractivity contribution in [1.29, 1.82) is 0 Å². The van der Waals surface area contributed by atoms with Gasteiger partial charge in [-0.1, -0.05) is 25.6 Å². The second kappa shape index (κ2) is 4.98. The Balaban J connectivity index is 3.54. The number of alkyl halides is 3. The molecule has 0 saturated heterocycles. The molecule has 0 spiro atoms. The van der Waals surface area contributed by atoms with E-state index < -0.39 is 10.4 Å². The van der Waals surface area contributed by atoms with Crippen molar-refractivity contribution < 1.29 is 13.2 Å². The zero-order valence-electron chi connectivity index (χ0n) is 6.07. The summed E-state index contributed by atoms with van der Waals surface area (Å²) in [4.78, 5) is 0. The molecule has 0 rings (SSSR count). The van der Waals surface area contributed by atoms with Crippen LogP contribution in [0.15, 0.2) is 0 Å². The lowest BCUT2D eigenvalue weighted by Gasteiger charge is -2.05. The van der Waals surface area contributed by atoms with Crippen LogP contribution in [0.4, 0.5) is 13.2 Å². The van der Waals surface area contributed by atoms with Crippen LogP contribution in [0.5, 0.6) is 0 Å². The van der Waals surface area contributed by atoms with Crippen molar-refractivity contribution in [3.63, 3.8) is 0 Å². The minimum absolute atomic E-state index is 0.467. The number of thiocarbonyl (C=S) groups is 1. The fourth-order valence-corrected chi connectivity index (χ4v) is 1.42. The second-order valence-electron chi connectivity index (χ2n) is 1.99. The van der Waals surface area contributed by atoms with Crippen LogP contribution >= 0.6 is 24.0 Å². The molecule has 0 fully saturated rings. The first-order valence-electron chi connectivity index (χ1n) is 3.22. The molecule has 0 aromatic heterocycles. The molecule has 0 N–H and O–H groups in total. The molecule has 5 heteroatoms. The maximum absolute atomic E-state index is 11.7. The Hall–Kier alpha value is 0.230. The van der Waals surface area contributed by atoms with Crippen molar-refractivity contribution in [3.05, 3.63) is 0 Å². The van der Waals surface area contributed by atoms with Gasteiger partial charge >= 0.3 is 6.18 Å². The summed E-state index contributed by atoms with van der Waals surface area (Å²) in [5, 5.41) is 0. The van der Waals surface area contributed by atoms with Crippen LogP contribution in [0.3, 0.4) is 0 Å². The van der Waals surface area contributed by atoms with Crippen LogP contribution in [0.2, 0.25) is 0 Å². The predicted octanol–water partition coefficient (Wildman–Crippen LogP) is 3.41. The van der Waals surface area contributed by atoms with E-state index in [0.29, 0.717) is 17.5 Å². The van der Waals surface area contributed by atoms with Gasteiger partial charge in [0.25, 0.3) is 0 Å². The fourth-order valence-electron chi connectivity index (χ4n) is 0.391. The topological polar surface area (TPSA) is 0 Å². The fraction of sp³-hybridized carbons (Fsp3) is 0.833. The summed E-state index contributed by atoms with van der Waals surface area (Å²) in [7, 11) is 0. The van der Waals surface area contributed by atoms with Crippen LogP contribution in [-0.2, 0) is 0 Å². The third kappa shape index (κ3) is 5.49. The minimum atomic E-state index is -4.30. The maximum atomic E-state index is 11.7. The van der Waals surface area contributed by atoms with Gasteiger partial charge in [-0.2, -0.15) is 13.2 Å². The highest BCUT2D eigenvalue weighted by Crippen LogP contribution is 2.25. The number of unbranched alkanes of at least 4 members (excludes halogenated alkanes) is 1. The van der Waals surface area contributed by atoms with Gasteiger partial charge in [0.1, 0.15) is 0 Å². The molecular weight excluding hydrogens is 193 g/mol. The normalized spacial score (nSPS) is 11.6. The summed E-state index contributed by atoms with van der Waals surface area (Å²) in [6, 6.07) is 0. The van der Waals surface area contributed by atoms with Gasteiger partial charge < -0.3 is 0 Å². The van der Waals surface area contributed by atoms with Gasteiger partial charge in [-0.15, -0.1) is 11.8 Å². The van der Waals surface area contributed by atoms with Crippen LogP contribution in [0.25, 0.3) is 0 Å². The molecule has 11 heavy (non-hydrogen) atoms. The smallest absolute Gasteiger partial charge is 0.165 e. The maximum Gasteiger partial charge on any atom is 0.432 e. The first kappa shape index (κ1) is 11.2. The summed E-state index contributed by atoms with van der Waals surface area (Å²) in [5.41, 5.74) is 0. The summed E-state index contributed by atoms with van der Waals surface area (Å²) in [6.07, 6.45) is -2.62. The quantitative estimate of drug-likeness (QED) is 0.508. The lowest BCUT2D eigenvalue weighted by Crippen LogP contribution is -2.17. The van der Waals surface area contributed by atoms with Gasteiger partial charge in [-0.05, 0) is 12.2 Å². The van der Waals surface area contributed by atoms with Crippen molar-refractivity contribution in [2.24, 2.45) is 0 Å². The third-order valence-corrected chi connectivity index (χ3v) is 2.53. The lowest BCUT2D eigenvalue weighted by atomic mass is 10.4. The molecule has 0 radical (unpaired) electrons. The molecule has 0 unspecified atom stereocenters. The Morgan fingerprint density at radius 2 is 2.00 bits per heavy atom. The first-order chi connectivity index (χ1) is 4.98. The van der Waals surface area contributed by atoms with E-state index >= 15 is 0 Å². The molecule has 0 heterocycles. The summed E-state index contributed by atoms with van der Waals surface area (Å²) in [6.45, 7) is 1.93. The van der Waals surface area contributed by atoms with E-state index in [1.54, 1.807) is 0 Å². The van der Waals surface area contributed by atoms with Gasteiger partial charge in [0.15, 0.2) is 4.20 Å². The van der Waals surface area contributed by atoms with E-state index in [9.17, 15) is 13.2 Å². The molecule has 0 amide bonds.